The van der Waals surface area contributed by atoms with Crippen LogP contribution in [0.5, 0.6) is 5.75 Å². The number of methoxy groups -OCH3 is 2. The van der Waals surface area contributed by atoms with Crippen molar-refractivity contribution in [1.82, 2.24) is 15.3 Å². The Bertz CT molecular complexity index is 1180. The summed E-state index contributed by atoms with van der Waals surface area (Å²) in [4.78, 5) is 23.1. The molecule has 0 bridgehead atoms. The third-order valence-electron chi connectivity index (χ3n) is 6.19. The van der Waals surface area contributed by atoms with E-state index in [9.17, 15) is 9.18 Å². The van der Waals surface area contributed by atoms with Gasteiger partial charge < -0.3 is 25.0 Å². The number of carbonyl (C=O) groups is 1. The van der Waals surface area contributed by atoms with E-state index in [4.69, 9.17) is 9.47 Å². The third-order valence-corrected chi connectivity index (χ3v) is 6.19. The largest absolute Gasteiger partial charge is 0.494 e. The van der Waals surface area contributed by atoms with Gasteiger partial charge >= 0.3 is 5.97 Å². The molecule has 1 aliphatic rings. The molecule has 8 nitrogen and oxygen atoms in total. The molecule has 0 radical (unpaired) electrons. The summed E-state index contributed by atoms with van der Waals surface area (Å²) in [5, 5.41) is 6.77. The number of hydrogen-bond acceptors (Lipinski definition) is 8. The van der Waals surface area contributed by atoms with Gasteiger partial charge in [0.05, 0.1) is 19.8 Å². The van der Waals surface area contributed by atoms with Crippen molar-refractivity contribution in [3.63, 3.8) is 0 Å². The Morgan fingerprint density at radius 1 is 1.08 bits per heavy atom. The van der Waals surface area contributed by atoms with Crippen LogP contribution in [-0.2, 0) is 17.6 Å². The van der Waals surface area contributed by atoms with Crippen molar-refractivity contribution in [2.75, 3.05) is 37.5 Å². The number of aromatic nitrogens is 2. The monoisotopic (exact) mass is 493 g/mol. The molecule has 1 fully saturated rings. The normalized spacial score (nSPS) is 17.5. The highest BCUT2D eigenvalue weighted by atomic mass is 19.1. The highest BCUT2D eigenvalue weighted by molar-refractivity contribution is 5.90. The number of carbonyl (C=O) groups excluding carboxylic acids is 1. The highest BCUT2D eigenvalue weighted by Crippen LogP contribution is 2.25. The van der Waals surface area contributed by atoms with Crippen LogP contribution >= 0.6 is 0 Å². The lowest BCUT2D eigenvalue weighted by molar-refractivity contribution is 0.0600. The van der Waals surface area contributed by atoms with E-state index < -0.39 is 11.8 Å². The van der Waals surface area contributed by atoms with Crippen LogP contribution < -0.4 is 20.3 Å². The second kappa shape index (κ2) is 11.3. The molecule has 1 aromatic heterocycles. The lowest BCUT2D eigenvalue weighted by Gasteiger charge is -2.37. The van der Waals surface area contributed by atoms with Crippen LogP contribution in [0.25, 0.3) is 0 Å². The Balaban J connectivity index is 1.37. The van der Waals surface area contributed by atoms with Crippen LogP contribution in [0.2, 0.25) is 0 Å². The fourth-order valence-electron chi connectivity index (χ4n) is 4.47. The second-order valence-electron chi connectivity index (χ2n) is 9.10. The number of ether oxygens (including phenoxy) is 2. The van der Waals surface area contributed by atoms with E-state index >= 15 is 0 Å². The number of halogens is 1. The maximum Gasteiger partial charge on any atom is 0.337 e. The summed E-state index contributed by atoms with van der Waals surface area (Å²) in [5.41, 5.74) is 3.55. The molecule has 2 atom stereocenters. The molecule has 190 valence electrons. The van der Waals surface area contributed by atoms with Gasteiger partial charge in [0.2, 0.25) is 5.95 Å². The fourth-order valence-corrected chi connectivity index (χ4v) is 4.47. The second-order valence-corrected chi connectivity index (χ2v) is 9.10. The van der Waals surface area contributed by atoms with Crippen LogP contribution in [0.4, 0.5) is 21.7 Å². The summed E-state index contributed by atoms with van der Waals surface area (Å²) in [6, 6.07) is 12.0. The first kappa shape index (κ1) is 25.4. The van der Waals surface area contributed by atoms with Crippen molar-refractivity contribution in [3.8, 4) is 5.75 Å². The van der Waals surface area contributed by atoms with Gasteiger partial charge in [0.25, 0.3) is 0 Å². The first-order valence-electron chi connectivity index (χ1n) is 12.0. The molecule has 2 aromatic carbocycles. The van der Waals surface area contributed by atoms with Crippen LogP contribution in [0.1, 0.15) is 35.3 Å². The number of benzene rings is 2. The minimum absolute atomic E-state index is 0.00990. The van der Waals surface area contributed by atoms with Crippen molar-refractivity contribution in [2.24, 2.45) is 0 Å². The zero-order valence-electron chi connectivity index (χ0n) is 21.0. The quantitative estimate of drug-likeness (QED) is 0.453. The molecular formula is C27H32FN5O3. The third kappa shape index (κ3) is 6.09. The van der Waals surface area contributed by atoms with E-state index in [1.54, 1.807) is 12.4 Å². The van der Waals surface area contributed by atoms with Crippen molar-refractivity contribution < 1.29 is 18.7 Å². The van der Waals surface area contributed by atoms with Gasteiger partial charge in [-0.15, -0.1) is 0 Å². The smallest absolute Gasteiger partial charge is 0.337 e. The van der Waals surface area contributed by atoms with Gasteiger partial charge in [-0.2, -0.15) is 0 Å². The van der Waals surface area contributed by atoms with Gasteiger partial charge in [-0.05, 0) is 74.2 Å². The summed E-state index contributed by atoms with van der Waals surface area (Å²) in [7, 11) is 2.65. The average Bonchev–Trinajstić information content (AvgIpc) is 2.88. The number of piperazine rings is 1. The van der Waals surface area contributed by atoms with E-state index in [0.717, 1.165) is 24.3 Å². The van der Waals surface area contributed by atoms with E-state index in [0.29, 0.717) is 36.4 Å². The molecule has 2 N–H and O–H groups in total. The first-order chi connectivity index (χ1) is 17.4. The van der Waals surface area contributed by atoms with Gasteiger partial charge in [0.15, 0.2) is 11.6 Å². The molecule has 2 unspecified atom stereocenters. The molecule has 4 rings (SSSR count). The van der Waals surface area contributed by atoms with E-state index in [2.05, 4.69) is 51.5 Å². The Morgan fingerprint density at radius 2 is 1.75 bits per heavy atom. The van der Waals surface area contributed by atoms with Crippen LogP contribution in [0.15, 0.2) is 48.8 Å². The zero-order chi connectivity index (χ0) is 25.7. The lowest BCUT2D eigenvalue weighted by Crippen LogP contribution is -2.54. The summed E-state index contributed by atoms with van der Waals surface area (Å²) in [6.07, 6.45) is 4.29. The summed E-state index contributed by atoms with van der Waals surface area (Å²) < 4.78 is 24.5. The number of anilines is 3. The molecule has 1 aliphatic heterocycles. The molecule has 0 saturated carbocycles. The maximum atomic E-state index is 14.7. The fraction of sp³-hybridized carbons (Fsp3) is 0.370. The van der Waals surface area contributed by atoms with Gasteiger partial charge in [-0.3, -0.25) is 0 Å². The average molecular weight is 494 g/mol. The number of hydrogen-bond donors (Lipinski definition) is 2. The molecular weight excluding hydrogens is 461 g/mol. The van der Waals surface area contributed by atoms with Crippen molar-refractivity contribution in [3.05, 3.63) is 71.3 Å². The molecule has 1 saturated heterocycles. The molecule has 0 amide bonds. The molecule has 0 spiro atoms. The standard InChI is InChI=1S/C27H32FN5O3/c1-17-15-33(16-18(2)31-17)23-9-7-22(8-10-23)32-27-29-13-19(14-30-27)5-6-20-11-21(26(34)36-4)12-24(35-3)25(20)28/h7-14,17-18,31H,5-6,15-16H2,1-4H3,(H,29,30,32). The topological polar surface area (TPSA) is 88.6 Å². The molecule has 2 heterocycles. The summed E-state index contributed by atoms with van der Waals surface area (Å²) in [5.74, 6) is -0.539. The number of nitrogens with zero attached hydrogens (tertiary/aromatic N) is 3. The van der Waals surface area contributed by atoms with Crippen molar-refractivity contribution >= 4 is 23.3 Å². The molecule has 9 heteroatoms. The Kier molecular flexibility index (Phi) is 8.00. The van der Waals surface area contributed by atoms with Crippen LogP contribution in [0.3, 0.4) is 0 Å². The lowest BCUT2D eigenvalue weighted by atomic mass is 10.0. The highest BCUT2D eigenvalue weighted by Gasteiger charge is 2.21. The minimum Gasteiger partial charge on any atom is -0.494 e. The molecule has 3 aromatic rings. The number of rotatable bonds is 8. The van der Waals surface area contributed by atoms with E-state index in [-0.39, 0.29) is 11.3 Å². The predicted octanol–water partition coefficient (Wildman–Crippen LogP) is 4.13. The Hall–Kier alpha value is -3.72. The van der Waals surface area contributed by atoms with E-state index in [1.807, 2.05) is 12.1 Å². The maximum absolute atomic E-state index is 14.7. The predicted molar refractivity (Wildman–Crippen MR) is 138 cm³/mol. The van der Waals surface area contributed by atoms with Gasteiger partial charge in [0, 0.05) is 48.9 Å². The SMILES string of the molecule is COC(=O)c1cc(CCc2cnc(Nc3ccc(N4CC(C)NC(C)C4)cc3)nc2)c(F)c(OC)c1. The van der Waals surface area contributed by atoms with Gasteiger partial charge in [0.1, 0.15) is 0 Å². The van der Waals surface area contributed by atoms with Crippen molar-refractivity contribution in [2.45, 2.75) is 38.8 Å². The Morgan fingerprint density at radius 3 is 2.36 bits per heavy atom. The summed E-state index contributed by atoms with van der Waals surface area (Å²) in [6.45, 7) is 6.36. The number of aryl methyl sites for hydroxylation is 2. The van der Waals surface area contributed by atoms with Crippen LogP contribution in [-0.4, -0.2) is 55.3 Å². The molecule has 0 aliphatic carbocycles. The number of nitrogens with one attached hydrogen (secondary N) is 2. The van der Waals surface area contributed by atoms with Crippen molar-refractivity contribution in [1.29, 1.82) is 0 Å². The van der Waals surface area contributed by atoms with E-state index in [1.165, 1.54) is 32.0 Å². The minimum atomic E-state index is -0.543. The van der Waals surface area contributed by atoms with Gasteiger partial charge in [-0.25, -0.2) is 19.2 Å². The zero-order valence-corrected chi connectivity index (χ0v) is 21.0. The van der Waals surface area contributed by atoms with Gasteiger partial charge in [-0.1, -0.05) is 0 Å². The Labute approximate surface area is 210 Å². The molecule has 36 heavy (non-hydrogen) atoms. The number of esters is 1. The first-order valence-corrected chi connectivity index (χ1v) is 12.0. The van der Waals surface area contributed by atoms with Crippen LogP contribution in [0, 0.1) is 5.82 Å². The summed E-state index contributed by atoms with van der Waals surface area (Å²) >= 11 is 0.